The average molecular weight is 287 g/mol. The highest BCUT2D eigenvalue weighted by molar-refractivity contribution is 5.91. The normalized spacial score (nSPS) is 10.9. The van der Waals surface area contributed by atoms with Crippen molar-refractivity contribution in [2.45, 2.75) is 26.9 Å². The van der Waals surface area contributed by atoms with Gasteiger partial charge in [-0.05, 0) is 25.1 Å². The Morgan fingerprint density at radius 2 is 2.00 bits per heavy atom. The van der Waals surface area contributed by atoms with E-state index in [9.17, 15) is 4.79 Å². The van der Waals surface area contributed by atoms with Crippen LogP contribution in [-0.4, -0.2) is 17.4 Å². The molecule has 5 nitrogen and oxygen atoms in total. The summed E-state index contributed by atoms with van der Waals surface area (Å²) in [6, 6.07) is 12.1. The summed E-state index contributed by atoms with van der Waals surface area (Å²) in [6.07, 6.45) is 0. The first-order valence-electron chi connectivity index (χ1n) is 7.00. The number of hydrogen-bond donors (Lipinski definition) is 2. The van der Waals surface area contributed by atoms with Crippen LogP contribution in [0.15, 0.2) is 40.8 Å². The Balaban J connectivity index is 2.08. The zero-order valence-electron chi connectivity index (χ0n) is 12.4. The SMILES string of the molecule is CCN(Cc1ccccc1)Cc1cc(C(=O)NN)oc1C. The highest BCUT2D eigenvalue weighted by atomic mass is 16.4. The quantitative estimate of drug-likeness (QED) is 0.485. The minimum atomic E-state index is -0.407. The lowest BCUT2D eigenvalue weighted by molar-refractivity contribution is 0.0924. The van der Waals surface area contributed by atoms with E-state index in [1.54, 1.807) is 6.07 Å². The van der Waals surface area contributed by atoms with Gasteiger partial charge in [-0.15, -0.1) is 0 Å². The standard InChI is InChI=1S/C16H21N3O2/c1-3-19(10-13-7-5-4-6-8-13)11-14-9-15(16(20)18-17)21-12(14)2/h4-9H,3,10-11,17H2,1-2H3,(H,18,20). The molecule has 21 heavy (non-hydrogen) atoms. The van der Waals surface area contributed by atoms with Crippen molar-refractivity contribution >= 4 is 5.91 Å². The van der Waals surface area contributed by atoms with Crippen molar-refractivity contribution in [3.8, 4) is 0 Å². The first-order chi connectivity index (χ1) is 10.1. The third-order valence-corrected chi connectivity index (χ3v) is 3.47. The number of rotatable bonds is 6. The van der Waals surface area contributed by atoms with Crippen molar-refractivity contribution in [3.05, 3.63) is 59.0 Å². The molecule has 0 radical (unpaired) electrons. The van der Waals surface area contributed by atoms with Gasteiger partial charge in [0.05, 0.1) is 0 Å². The van der Waals surface area contributed by atoms with Gasteiger partial charge < -0.3 is 4.42 Å². The first-order valence-corrected chi connectivity index (χ1v) is 7.00. The maximum atomic E-state index is 11.5. The van der Waals surface area contributed by atoms with E-state index in [-0.39, 0.29) is 5.76 Å². The van der Waals surface area contributed by atoms with Gasteiger partial charge in [-0.2, -0.15) is 0 Å². The molecule has 2 rings (SSSR count). The number of carbonyl (C=O) groups is 1. The molecule has 0 atom stereocenters. The molecule has 0 fully saturated rings. The van der Waals surface area contributed by atoms with E-state index in [0.717, 1.165) is 31.0 Å². The smallest absolute Gasteiger partial charge is 0.300 e. The van der Waals surface area contributed by atoms with E-state index in [1.807, 2.05) is 25.1 Å². The van der Waals surface area contributed by atoms with Gasteiger partial charge in [0.1, 0.15) is 5.76 Å². The summed E-state index contributed by atoms with van der Waals surface area (Å²) in [5.41, 5.74) is 4.35. The van der Waals surface area contributed by atoms with Gasteiger partial charge in [0.2, 0.25) is 0 Å². The van der Waals surface area contributed by atoms with E-state index >= 15 is 0 Å². The minimum absolute atomic E-state index is 0.251. The molecule has 0 unspecified atom stereocenters. The monoisotopic (exact) mass is 287 g/mol. The number of nitrogens with two attached hydrogens (primary N) is 1. The van der Waals surface area contributed by atoms with Gasteiger partial charge in [0.15, 0.2) is 5.76 Å². The molecule has 0 aliphatic heterocycles. The fourth-order valence-corrected chi connectivity index (χ4v) is 2.22. The second kappa shape index (κ2) is 7.06. The molecule has 3 N–H and O–H groups in total. The second-order valence-electron chi connectivity index (χ2n) is 4.95. The van der Waals surface area contributed by atoms with Crippen LogP contribution in [0.25, 0.3) is 0 Å². The molecule has 1 amide bonds. The highest BCUT2D eigenvalue weighted by Gasteiger charge is 2.15. The zero-order valence-corrected chi connectivity index (χ0v) is 12.4. The number of aryl methyl sites for hydroxylation is 1. The van der Waals surface area contributed by atoms with Crippen LogP contribution >= 0.6 is 0 Å². The van der Waals surface area contributed by atoms with E-state index in [1.165, 1.54) is 5.56 Å². The summed E-state index contributed by atoms with van der Waals surface area (Å²) >= 11 is 0. The predicted molar refractivity (Wildman–Crippen MR) is 81.3 cm³/mol. The van der Waals surface area contributed by atoms with Crippen molar-refractivity contribution in [1.29, 1.82) is 0 Å². The van der Waals surface area contributed by atoms with Crippen molar-refractivity contribution in [2.24, 2.45) is 5.84 Å². The Morgan fingerprint density at radius 3 is 2.62 bits per heavy atom. The first kappa shape index (κ1) is 15.3. The van der Waals surface area contributed by atoms with Gasteiger partial charge in [-0.25, -0.2) is 5.84 Å². The molecule has 1 aromatic heterocycles. The molecule has 1 aromatic carbocycles. The van der Waals surface area contributed by atoms with Crippen LogP contribution in [0.1, 0.15) is 34.4 Å². The summed E-state index contributed by atoms with van der Waals surface area (Å²) in [6.45, 7) is 6.49. The topological polar surface area (TPSA) is 71.5 Å². The Kier molecular flexibility index (Phi) is 5.14. The van der Waals surface area contributed by atoms with Crippen molar-refractivity contribution in [3.63, 3.8) is 0 Å². The van der Waals surface area contributed by atoms with Gasteiger partial charge in [0, 0.05) is 18.7 Å². The Morgan fingerprint density at radius 1 is 1.29 bits per heavy atom. The number of nitrogens with one attached hydrogen (secondary N) is 1. The van der Waals surface area contributed by atoms with Gasteiger partial charge in [0.25, 0.3) is 0 Å². The summed E-state index contributed by atoms with van der Waals surface area (Å²) < 4.78 is 5.44. The Labute approximate surface area is 124 Å². The van der Waals surface area contributed by atoms with Crippen LogP contribution in [-0.2, 0) is 13.1 Å². The van der Waals surface area contributed by atoms with Crippen LogP contribution in [0, 0.1) is 6.92 Å². The molecule has 0 aliphatic carbocycles. The number of hydrazine groups is 1. The lowest BCUT2D eigenvalue weighted by Crippen LogP contribution is -2.29. The molecule has 5 heteroatoms. The number of furan rings is 1. The van der Waals surface area contributed by atoms with Gasteiger partial charge >= 0.3 is 5.91 Å². The summed E-state index contributed by atoms with van der Waals surface area (Å²) in [5.74, 6) is 5.72. The largest absolute Gasteiger partial charge is 0.456 e. The number of carbonyl (C=O) groups excluding carboxylic acids is 1. The Bertz CT molecular complexity index is 593. The Hall–Kier alpha value is -2.11. The summed E-state index contributed by atoms with van der Waals surface area (Å²) in [5, 5.41) is 0. The molecule has 0 aliphatic rings. The van der Waals surface area contributed by atoms with Crippen molar-refractivity contribution in [1.82, 2.24) is 10.3 Å². The molecule has 0 saturated heterocycles. The third-order valence-electron chi connectivity index (χ3n) is 3.47. The van der Waals surface area contributed by atoms with Crippen LogP contribution in [0.3, 0.4) is 0 Å². The fourth-order valence-electron chi connectivity index (χ4n) is 2.22. The zero-order chi connectivity index (χ0) is 15.2. The minimum Gasteiger partial charge on any atom is -0.456 e. The summed E-state index contributed by atoms with van der Waals surface area (Å²) in [7, 11) is 0. The van der Waals surface area contributed by atoms with Crippen molar-refractivity contribution in [2.75, 3.05) is 6.54 Å². The van der Waals surface area contributed by atoms with Crippen LogP contribution in [0.4, 0.5) is 0 Å². The van der Waals surface area contributed by atoms with Crippen molar-refractivity contribution < 1.29 is 9.21 Å². The van der Waals surface area contributed by atoms with Gasteiger partial charge in [-0.3, -0.25) is 15.1 Å². The molecular weight excluding hydrogens is 266 g/mol. The van der Waals surface area contributed by atoms with E-state index in [0.29, 0.717) is 0 Å². The maximum Gasteiger partial charge on any atom is 0.300 e. The average Bonchev–Trinajstić information content (AvgIpc) is 2.88. The summed E-state index contributed by atoms with van der Waals surface area (Å²) in [4.78, 5) is 13.8. The molecule has 1 heterocycles. The van der Waals surface area contributed by atoms with Crippen LogP contribution in [0.5, 0.6) is 0 Å². The number of hydrogen-bond acceptors (Lipinski definition) is 4. The third kappa shape index (κ3) is 3.93. The highest BCUT2D eigenvalue weighted by Crippen LogP contribution is 2.18. The lowest BCUT2D eigenvalue weighted by Gasteiger charge is -2.20. The fraction of sp³-hybridized carbons (Fsp3) is 0.312. The number of benzene rings is 1. The molecule has 0 bridgehead atoms. The predicted octanol–water partition coefficient (Wildman–Crippen LogP) is 2.21. The molecule has 112 valence electrons. The maximum absolute atomic E-state index is 11.5. The van der Waals surface area contributed by atoms with E-state index in [2.05, 4.69) is 29.4 Å². The van der Waals surface area contributed by atoms with Crippen LogP contribution in [0.2, 0.25) is 0 Å². The van der Waals surface area contributed by atoms with E-state index in [4.69, 9.17) is 10.3 Å². The number of amides is 1. The molecular formula is C16H21N3O2. The second-order valence-corrected chi connectivity index (χ2v) is 4.95. The molecule has 2 aromatic rings. The lowest BCUT2D eigenvalue weighted by atomic mass is 10.2. The molecule has 0 spiro atoms. The number of nitrogen functional groups attached to an aromatic ring is 1. The molecule has 0 saturated carbocycles. The van der Waals surface area contributed by atoms with Gasteiger partial charge in [-0.1, -0.05) is 37.3 Å². The number of nitrogens with zero attached hydrogens (tertiary/aromatic N) is 1. The van der Waals surface area contributed by atoms with Crippen LogP contribution < -0.4 is 11.3 Å². The van der Waals surface area contributed by atoms with E-state index < -0.39 is 5.91 Å².